The first-order valence-corrected chi connectivity index (χ1v) is 8.24. The summed E-state index contributed by atoms with van der Waals surface area (Å²) in [6.45, 7) is 2.53. The molecule has 0 aliphatic rings. The Morgan fingerprint density at radius 3 is 2.72 bits per heavy atom. The van der Waals surface area contributed by atoms with Gasteiger partial charge in [-0.1, -0.05) is 17.7 Å². The van der Waals surface area contributed by atoms with Gasteiger partial charge < -0.3 is 14.6 Å². The van der Waals surface area contributed by atoms with Gasteiger partial charge in [-0.05, 0) is 37.1 Å². The van der Waals surface area contributed by atoms with Gasteiger partial charge in [0.2, 0.25) is 5.91 Å². The predicted molar refractivity (Wildman–Crippen MR) is 94.7 cm³/mol. The fourth-order valence-electron chi connectivity index (χ4n) is 2.45. The highest BCUT2D eigenvalue weighted by Gasteiger charge is 2.07. The number of aromatic nitrogens is 1. The molecule has 1 N–H and O–H groups in total. The van der Waals surface area contributed by atoms with E-state index in [-0.39, 0.29) is 22.9 Å². The van der Waals surface area contributed by atoms with Crippen LogP contribution in [0.5, 0.6) is 5.75 Å². The number of hydrogen-bond acceptors (Lipinski definition) is 3. The smallest absolute Gasteiger partial charge is 0.254 e. The minimum atomic E-state index is -0.477. The van der Waals surface area contributed by atoms with Crippen LogP contribution < -0.4 is 15.6 Å². The van der Waals surface area contributed by atoms with Crippen molar-refractivity contribution in [1.29, 1.82) is 0 Å². The Morgan fingerprint density at radius 2 is 2.08 bits per heavy atom. The number of pyridine rings is 1. The van der Waals surface area contributed by atoms with Crippen molar-refractivity contribution < 1.29 is 13.9 Å². The minimum absolute atomic E-state index is 0.0484. The summed E-state index contributed by atoms with van der Waals surface area (Å²) in [5.41, 5.74) is 1.38. The van der Waals surface area contributed by atoms with Crippen molar-refractivity contribution in [2.45, 2.75) is 26.3 Å². The molecule has 0 bridgehead atoms. The number of benzene rings is 1. The maximum atomic E-state index is 13.1. The van der Waals surface area contributed by atoms with Crippen molar-refractivity contribution in [3.05, 3.63) is 62.8 Å². The van der Waals surface area contributed by atoms with E-state index < -0.39 is 5.82 Å². The predicted octanol–water partition coefficient (Wildman–Crippen LogP) is 2.71. The van der Waals surface area contributed by atoms with E-state index in [0.717, 1.165) is 11.3 Å². The molecule has 134 valence electrons. The number of nitrogens with zero attached hydrogens (tertiary/aromatic N) is 1. The molecule has 1 aromatic carbocycles. The van der Waals surface area contributed by atoms with E-state index in [1.807, 2.05) is 6.92 Å². The number of nitrogens with one attached hydrogen (secondary N) is 1. The normalized spacial score (nSPS) is 10.6. The van der Waals surface area contributed by atoms with Gasteiger partial charge in [0.15, 0.2) is 0 Å². The average Bonchev–Trinajstić information content (AvgIpc) is 2.58. The molecule has 7 heteroatoms. The summed E-state index contributed by atoms with van der Waals surface area (Å²) >= 11 is 5.71. The minimum Gasteiger partial charge on any atom is -0.496 e. The van der Waals surface area contributed by atoms with Gasteiger partial charge in [-0.25, -0.2) is 4.39 Å². The Kier molecular flexibility index (Phi) is 6.58. The number of aryl methyl sites for hydroxylation is 2. The van der Waals surface area contributed by atoms with Crippen LogP contribution in [0.3, 0.4) is 0 Å². The van der Waals surface area contributed by atoms with E-state index in [9.17, 15) is 14.0 Å². The molecule has 5 nitrogen and oxygen atoms in total. The van der Waals surface area contributed by atoms with E-state index in [1.54, 1.807) is 16.7 Å². The van der Waals surface area contributed by atoms with Crippen LogP contribution in [0.2, 0.25) is 5.02 Å². The quantitative estimate of drug-likeness (QED) is 0.819. The Morgan fingerprint density at radius 1 is 1.32 bits per heavy atom. The van der Waals surface area contributed by atoms with Crippen LogP contribution >= 0.6 is 11.6 Å². The lowest BCUT2D eigenvalue weighted by atomic mass is 10.1. The Labute approximate surface area is 150 Å². The highest BCUT2D eigenvalue weighted by atomic mass is 35.5. The van der Waals surface area contributed by atoms with Crippen LogP contribution in [0.25, 0.3) is 0 Å². The third kappa shape index (κ3) is 5.32. The SMILES string of the molecule is COc1cc(C)n(CCNC(=O)CCc2ccc(F)c(Cl)c2)c(=O)c1. The number of rotatable bonds is 7. The van der Waals surface area contributed by atoms with Crippen LogP contribution in [0.15, 0.2) is 35.1 Å². The molecule has 1 aromatic heterocycles. The van der Waals surface area contributed by atoms with Crippen LogP contribution in [0.1, 0.15) is 17.7 Å². The second-order valence-electron chi connectivity index (χ2n) is 5.62. The van der Waals surface area contributed by atoms with Gasteiger partial charge in [0.1, 0.15) is 11.6 Å². The zero-order valence-corrected chi connectivity index (χ0v) is 14.9. The largest absolute Gasteiger partial charge is 0.496 e. The van der Waals surface area contributed by atoms with Crippen LogP contribution in [-0.2, 0) is 17.8 Å². The summed E-state index contributed by atoms with van der Waals surface area (Å²) in [5.74, 6) is -0.101. The van der Waals surface area contributed by atoms with E-state index in [1.165, 1.54) is 25.3 Å². The van der Waals surface area contributed by atoms with Gasteiger partial charge >= 0.3 is 0 Å². The first kappa shape index (κ1) is 19.0. The highest BCUT2D eigenvalue weighted by molar-refractivity contribution is 6.30. The van der Waals surface area contributed by atoms with Crippen molar-refractivity contribution in [3.8, 4) is 5.75 Å². The van der Waals surface area contributed by atoms with Gasteiger partial charge in [0.25, 0.3) is 5.56 Å². The highest BCUT2D eigenvalue weighted by Crippen LogP contribution is 2.16. The molecule has 2 rings (SSSR count). The fourth-order valence-corrected chi connectivity index (χ4v) is 2.65. The molecule has 0 unspecified atom stereocenters. The summed E-state index contributed by atoms with van der Waals surface area (Å²) in [5, 5.41) is 2.82. The Bertz CT molecular complexity index is 820. The molecule has 0 atom stereocenters. The maximum Gasteiger partial charge on any atom is 0.254 e. The molecule has 0 aliphatic carbocycles. The summed E-state index contributed by atoms with van der Waals surface area (Å²) in [4.78, 5) is 23.9. The summed E-state index contributed by atoms with van der Waals surface area (Å²) in [6, 6.07) is 7.59. The molecule has 0 aliphatic heterocycles. The Balaban J connectivity index is 1.82. The van der Waals surface area contributed by atoms with E-state index in [0.29, 0.717) is 25.3 Å². The summed E-state index contributed by atoms with van der Waals surface area (Å²) < 4.78 is 19.7. The molecule has 2 aromatic rings. The zero-order chi connectivity index (χ0) is 18.4. The number of halogens is 2. The number of hydrogen-bond donors (Lipinski definition) is 1. The topological polar surface area (TPSA) is 60.3 Å². The molecular formula is C18H20ClFN2O3. The first-order chi connectivity index (χ1) is 11.9. The molecule has 0 saturated carbocycles. The van der Waals surface area contributed by atoms with Crippen molar-refractivity contribution in [2.75, 3.05) is 13.7 Å². The number of methoxy groups -OCH3 is 1. The lowest BCUT2D eigenvalue weighted by molar-refractivity contribution is -0.121. The molecule has 1 heterocycles. The molecule has 0 saturated heterocycles. The van der Waals surface area contributed by atoms with E-state index in [2.05, 4.69) is 5.32 Å². The zero-order valence-electron chi connectivity index (χ0n) is 14.1. The first-order valence-electron chi connectivity index (χ1n) is 7.87. The molecule has 0 spiro atoms. The molecular weight excluding hydrogens is 347 g/mol. The molecule has 0 fully saturated rings. The van der Waals surface area contributed by atoms with Gasteiger partial charge in [-0.15, -0.1) is 0 Å². The van der Waals surface area contributed by atoms with E-state index in [4.69, 9.17) is 16.3 Å². The van der Waals surface area contributed by atoms with Crippen molar-refractivity contribution in [1.82, 2.24) is 9.88 Å². The van der Waals surface area contributed by atoms with Gasteiger partial charge in [0.05, 0.1) is 12.1 Å². The van der Waals surface area contributed by atoms with Gasteiger partial charge in [-0.3, -0.25) is 9.59 Å². The lowest BCUT2D eigenvalue weighted by Crippen LogP contribution is -2.31. The number of carbonyl (C=O) groups is 1. The standard InChI is InChI=1S/C18H20ClFN2O3/c1-12-9-14(25-2)11-18(24)22(12)8-7-21-17(23)6-4-13-3-5-16(20)15(19)10-13/h3,5,9-11H,4,6-8H2,1-2H3,(H,21,23). The maximum absolute atomic E-state index is 13.1. The third-order valence-corrected chi connectivity index (χ3v) is 4.12. The number of carbonyl (C=O) groups excluding carboxylic acids is 1. The monoisotopic (exact) mass is 366 g/mol. The van der Waals surface area contributed by atoms with Gasteiger partial charge in [0, 0.05) is 31.3 Å². The molecule has 25 heavy (non-hydrogen) atoms. The number of amides is 1. The van der Waals surface area contributed by atoms with Crippen LogP contribution in [-0.4, -0.2) is 24.1 Å². The van der Waals surface area contributed by atoms with Crippen molar-refractivity contribution >= 4 is 17.5 Å². The van der Waals surface area contributed by atoms with Gasteiger partial charge in [-0.2, -0.15) is 0 Å². The van der Waals surface area contributed by atoms with Crippen LogP contribution in [0, 0.1) is 12.7 Å². The summed E-state index contributed by atoms with van der Waals surface area (Å²) in [7, 11) is 1.51. The second kappa shape index (κ2) is 8.67. The molecule has 0 radical (unpaired) electrons. The second-order valence-corrected chi connectivity index (χ2v) is 6.03. The lowest BCUT2D eigenvalue weighted by Gasteiger charge is -2.12. The average molecular weight is 367 g/mol. The fraction of sp³-hybridized carbons (Fsp3) is 0.333. The molecule has 1 amide bonds. The third-order valence-electron chi connectivity index (χ3n) is 3.83. The van der Waals surface area contributed by atoms with E-state index >= 15 is 0 Å². The Hall–Kier alpha value is -2.34. The van der Waals surface area contributed by atoms with Crippen LogP contribution in [0.4, 0.5) is 4.39 Å². The van der Waals surface area contributed by atoms with Crippen molar-refractivity contribution in [3.63, 3.8) is 0 Å². The van der Waals surface area contributed by atoms with Crippen molar-refractivity contribution in [2.24, 2.45) is 0 Å². The summed E-state index contributed by atoms with van der Waals surface area (Å²) in [6.07, 6.45) is 0.728. The number of ether oxygens (including phenoxy) is 1.